The summed E-state index contributed by atoms with van der Waals surface area (Å²) in [5.74, 6) is 0.304. The van der Waals surface area contributed by atoms with Gasteiger partial charge in [0.2, 0.25) is 0 Å². The van der Waals surface area contributed by atoms with Gasteiger partial charge in [-0.3, -0.25) is 4.79 Å². The number of para-hydroxylation sites is 1. The molecule has 0 radical (unpaired) electrons. The summed E-state index contributed by atoms with van der Waals surface area (Å²) in [7, 11) is 1.58. The van der Waals surface area contributed by atoms with Crippen molar-refractivity contribution in [2.45, 2.75) is 6.42 Å². The second-order valence-electron chi connectivity index (χ2n) is 5.93. The van der Waals surface area contributed by atoms with Gasteiger partial charge in [-0.25, -0.2) is 0 Å². The largest absolute Gasteiger partial charge is 0.496 e. The molecule has 0 bridgehead atoms. The van der Waals surface area contributed by atoms with E-state index in [1.807, 2.05) is 36.5 Å². The Morgan fingerprint density at radius 2 is 2.15 bits per heavy atom. The van der Waals surface area contributed by atoms with E-state index in [0.717, 1.165) is 26.5 Å². The van der Waals surface area contributed by atoms with E-state index in [-0.39, 0.29) is 11.5 Å². The van der Waals surface area contributed by atoms with Gasteiger partial charge in [-0.05, 0) is 57.8 Å². The van der Waals surface area contributed by atoms with Crippen molar-refractivity contribution >= 4 is 38.8 Å². The van der Waals surface area contributed by atoms with E-state index in [0.29, 0.717) is 18.7 Å². The molecule has 1 heterocycles. The van der Waals surface area contributed by atoms with Crippen LogP contribution < -0.4 is 10.1 Å². The number of aromatic nitrogens is 1. The van der Waals surface area contributed by atoms with Crippen molar-refractivity contribution in [3.05, 3.63) is 69.8 Å². The Morgan fingerprint density at radius 3 is 2.89 bits per heavy atom. The molecule has 1 amide bonds. The number of rotatable bonds is 6. The van der Waals surface area contributed by atoms with Crippen LogP contribution in [0, 0.1) is 11.3 Å². The standard InChI is InChI=1S/C21H18BrN3O2/c1-27-20-7-6-14(11-18(20)22)10-16(12-23)21(26)24-9-8-15-13-25-19-5-3-2-4-17(15)19/h2-7,10-11,13,25H,8-9H2,1H3,(H,24,26)/b16-10-. The van der Waals surface area contributed by atoms with E-state index in [4.69, 9.17) is 4.74 Å². The van der Waals surface area contributed by atoms with Crippen LogP contribution in [0.1, 0.15) is 11.1 Å². The molecule has 0 aliphatic carbocycles. The van der Waals surface area contributed by atoms with E-state index in [9.17, 15) is 10.1 Å². The van der Waals surface area contributed by atoms with Gasteiger partial charge in [0.1, 0.15) is 17.4 Å². The van der Waals surface area contributed by atoms with Crippen LogP contribution >= 0.6 is 15.9 Å². The van der Waals surface area contributed by atoms with Crippen molar-refractivity contribution in [3.8, 4) is 11.8 Å². The zero-order valence-corrected chi connectivity index (χ0v) is 16.3. The van der Waals surface area contributed by atoms with Gasteiger partial charge in [-0.2, -0.15) is 5.26 Å². The number of ether oxygens (including phenoxy) is 1. The maximum Gasteiger partial charge on any atom is 0.261 e. The lowest BCUT2D eigenvalue weighted by Gasteiger charge is -2.06. The van der Waals surface area contributed by atoms with E-state index in [1.165, 1.54) is 0 Å². The third-order valence-corrected chi connectivity index (χ3v) is 4.83. The van der Waals surface area contributed by atoms with Crippen molar-refractivity contribution in [1.29, 1.82) is 5.26 Å². The lowest BCUT2D eigenvalue weighted by Crippen LogP contribution is -2.26. The SMILES string of the molecule is COc1ccc(/C=C(/C#N)C(=O)NCCc2c[nH]c3ccccc23)cc1Br. The van der Waals surface area contributed by atoms with Crippen molar-refractivity contribution in [3.63, 3.8) is 0 Å². The fourth-order valence-corrected chi connectivity index (χ4v) is 3.39. The summed E-state index contributed by atoms with van der Waals surface area (Å²) < 4.78 is 5.94. The number of carbonyl (C=O) groups excluding carboxylic acids is 1. The van der Waals surface area contributed by atoms with Crippen molar-refractivity contribution in [2.75, 3.05) is 13.7 Å². The summed E-state index contributed by atoms with van der Waals surface area (Å²) in [6, 6.07) is 15.4. The lowest BCUT2D eigenvalue weighted by molar-refractivity contribution is -0.117. The molecule has 0 aliphatic heterocycles. The molecule has 6 heteroatoms. The molecule has 0 fully saturated rings. The summed E-state index contributed by atoms with van der Waals surface area (Å²) in [4.78, 5) is 15.5. The zero-order valence-electron chi connectivity index (χ0n) is 14.8. The van der Waals surface area contributed by atoms with E-state index < -0.39 is 0 Å². The van der Waals surface area contributed by atoms with Crippen LogP contribution in [0.5, 0.6) is 5.75 Å². The molecular formula is C21H18BrN3O2. The molecule has 2 N–H and O–H groups in total. The molecule has 0 atom stereocenters. The first kappa shape index (κ1) is 18.7. The van der Waals surface area contributed by atoms with Gasteiger partial charge in [0.05, 0.1) is 11.6 Å². The average Bonchev–Trinajstić information content (AvgIpc) is 3.09. The van der Waals surface area contributed by atoms with Gasteiger partial charge in [0.15, 0.2) is 0 Å². The van der Waals surface area contributed by atoms with Crippen LogP contribution in [0.3, 0.4) is 0 Å². The number of amides is 1. The van der Waals surface area contributed by atoms with Crippen LogP contribution in [-0.2, 0) is 11.2 Å². The van der Waals surface area contributed by atoms with Crippen LogP contribution in [0.2, 0.25) is 0 Å². The molecule has 27 heavy (non-hydrogen) atoms. The molecule has 0 unspecified atom stereocenters. The quantitative estimate of drug-likeness (QED) is 0.460. The molecule has 0 saturated heterocycles. The van der Waals surface area contributed by atoms with Gasteiger partial charge < -0.3 is 15.0 Å². The Morgan fingerprint density at radius 1 is 1.33 bits per heavy atom. The Balaban J connectivity index is 1.65. The molecule has 136 valence electrons. The van der Waals surface area contributed by atoms with Crippen LogP contribution in [-0.4, -0.2) is 24.5 Å². The summed E-state index contributed by atoms with van der Waals surface area (Å²) in [6.07, 6.45) is 4.19. The number of fused-ring (bicyclic) bond motifs is 1. The zero-order chi connectivity index (χ0) is 19.2. The van der Waals surface area contributed by atoms with E-state index >= 15 is 0 Å². The minimum atomic E-state index is -0.385. The predicted molar refractivity (Wildman–Crippen MR) is 109 cm³/mol. The summed E-state index contributed by atoms with van der Waals surface area (Å²) in [6.45, 7) is 0.450. The van der Waals surface area contributed by atoms with Crippen LogP contribution in [0.4, 0.5) is 0 Å². The fourth-order valence-electron chi connectivity index (χ4n) is 2.83. The van der Waals surface area contributed by atoms with Gasteiger partial charge in [-0.15, -0.1) is 0 Å². The number of methoxy groups -OCH3 is 1. The average molecular weight is 424 g/mol. The van der Waals surface area contributed by atoms with Gasteiger partial charge in [-0.1, -0.05) is 24.3 Å². The maximum atomic E-state index is 12.3. The highest BCUT2D eigenvalue weighted by Gasteiger charge is 2.10. The third kappa shape index (κ3) is 4.39. The number of hydrogen-bond donors (Lipinski definition) is 2. The lowest BCUT2D eigenvalue weighted by atomic mass is 10.1. The van der Waals surface area contributed by atoms with E-state index in [1.54, 1.807) is 31.4 Å². The molecule has 3 rings (SSSR count). The number of carbonyl (C=O) groups is 1. The number of aromatic amines is 1. The number of benzene rings is 2. The monoisotopic (exact) mass is 423 g/mol. The van der Waals surface area contributed by atoms with Crippen molar-refractivity contribution in [1.82, 2.24) is 10.3 Å². The Hall–Kier alpha value is -3.04. The Bertz CT molecular complexity index is 1050. The molecule has 0 spiro atoms. The number of hydrogen-bond acceptors (Lipinski definition) is 3. The highest BCUT2D eigenvalue weighted by Crippen LogP contribution is 2.26. The second-order valence-corrected chi connectivity index (χ2v) is 6.78. The highest BCUT2D eigenvalue weighted by atomic mass is 79.9. The molecule has 2 aromatic carbocycles. The Kier molecular flexibility index (Phi) is 5.94. The van der Waals surface area contributed by atoms with Crippen molar-refractivity contribution in [2.24, 2.45) is 0 Å². The highest BCUT2D eigenvalue weighted by molar-refractivity contribution is 9.10. The predicted octanol–water partition coefficient (Wildman–Crippen LogP) is 4.20. The molecule has 0 saturated carbocycles. The molecule has 3 aromatic rings. The minimum Gasteiger partial charge on any atom is -0.496 e. The summed E-state index contributed by atoms with van der Waals surface area (Å²) in [5, 5.41) is 13.3. The first-order chi connectivity index (χ1) is 13.1. The number of nitriles is 1. The number of H-pyrrole nitrogens is 1. The van der Waals surface area contributed by atoms with Crippen LogP contribution in [0.25, 0.3) is 17.0 Å². The fraction of sp³-hybridized carbons (Fsp3) is 0.143. The van der Waals surface area contributed by atoms with Gasteiger partial charge in [0, 0.05) is 23.6 Å². The second kappa shape index (κ2) is 8.56. The minimum absolute atomic E-state index is 0.0611. The third-order valence-electron chi connectivity index (χ3n) is 4.21. The van der Waals surface area contributed by atoms with Crippen LogP contribution in [0.15, 0.2) is 58.7 Å². The van der Waals surface area contributed by atoms with Gasteiger partial charge in [0.25, 0.3) is 5.91 Å². The molecular weight excluding hydrogens is 406 g/mol. The first-order valence-electron chi connectivity index (χ1n) is 8.41. The number of nitrogens with one attached hydrogen (secondary N) is 2. The van der Waals surface area contributed by atoms with Gasteiger partial charge >= 0.3 is 0 Å². The first-order valence-corrected chi connectivity index (χ1v) is 9.20. The number of nitrogens with zero attached hydrogens (tertiary/aromatic N) is 1. The normalized spacial score (nSPS) is 11.2. The van der Waals surface area contributed by atoms with Crippen molar-refractivity contribution < 1.29 is 9.53 Å². The van der Waals surface area contributed by atoms with E-state index in [2.05, 4.69) is 26.2 Å². The summed E-state index contributed by atoms with van der Waals surface area (Å²) in [5.41, 5.74) is 3.01. The molecule has 1 aromatic heterocycles. The molecule has 0 aliphatic rings. The maximum absolute atomic E-state index is 12.3. The summed E-state index contributed by atoms with van der Waals surface area (Å²) >= 11 is 3.40. The molecule has 5 nitrogen and oxygen atoms in total. The Labute approximate surface area is 165 Å². The number of halogens is 1. The smallest absolute Gasteiger partial charge is 0.261 e. The topological polar surface area (TPSA) is 77.9 Å².